The molecule has 0 N–H and O–H groups in total. The monoisotopic (exact) mass is 491 g/mol. The standard InChI is InChI=1S/C15H8BrCl3F3NOS/c1-6-2-11(25-13(6)16)10-5-14(24-23-10,15(20,21)22)7-3-8(17)12(19)9(18)4-7/h2-4H,5H2,1H3/t14-/m1/s1. The second kappa shape index (κ2) is 6.60. The van der Waals surface area contributed by atoms with Gasteiger partial charge in [0.05, 0.1) is 30.2 Å². The van der Waals surface area contributed by atoms with Crippen molar-refractivity contribution in [3.63, 3.8) is 0 Å². The molecule has 0 spiro atoms. The van der Waals surface area contributed by atoms with Crippen molar-refractivity contribution in [3.8, 4) is 0 Å². The molecule has 2 aromatic rings. The normalized spacial score (nSPS) is 20.6. The Morgan fingerprint density at radius 1 is 1.20 bits per heavy atom. The van der Waals surface area contributed by atoms with Gasteiger partial charge in [0.15, 0.2) is 0 Å². The number of hydrogen-bond donors (Lipinski definition) is 0. The van der Waals surface area contributed by atoms with Gasteiger partial charge in [0, 0.05) is 5.56 Å². The molecule has 0 saturated carbocycles. The minimum absolute atomic E-state index is 0.0126. The summed E-state index contributed by atoms with van der Waals surface area (Å²) in [5.74, 6) is 0. The zero-order chi connectivity index (χ0) is 18.6. The molecule has 1 aliphatic heterocycles. The number of oxime groups is 1. The van der Waals surface area contributed by atoms with Crippen LogP contribution in [0.2, 0.25) is 15.1 Å². The first-order valence-electron chi connectivity index (χ1n) is 6.78. The fourth-order valence-electron chi connectivity index (χ4n) is 2.43. The Balaban J connectivity index is 2.07. The highest BCUT2D eigenvalue weighted by Crippen LogP contribution is 2.51. The van der Waals surface area contributed by atoms with Crippen LogP contribution in [0.3, 0.4) is 0 Å². The van der Waals surface area contributed by atoms with E-state index in [0.29, 0.717) is 4.88 Å². The molecule has 0 radical (unpaired) electrons. The Morgan fingerprint density at radius 3 is 2.28 bits per heavy atom. The minimum Gasteiger partial charge on any atom is -0.374 e. The van der Waals surface area contributed by atoms with Crippen LogP contribution in [-0.4, -0.2) is 11.9 Å². The Kier molecular flexibility index (Phi) is 5.10. The Bertz CT molecular complexity index is 841. The quantitative estimate of drug-likeness (QED) is 0.401. The van der Waals surface area contributed by atoms with Crippen molar-refractivity contribution in [2.24, 2.45) is 5.16 Å². The van der Waals surface area contributed by atoms with Crippen LogP contribution in [0.15, 0.2) is 27.1 Å². The number of hydrogen-bond acceptors (Lipinski definition) is 3. The highest BCUT2D eigenvalue weighted by molar-refractivity contribution is 9.11. The molecule has 1 aromatic carbocycles. The molecule has 0 fully saturated rings. The van der Waals surface area contributed by atoms with Gasteiger partial charge in [-0.2, -0.15) is 13.2 Å². The number of aryl methyl sites for hydroxylation is 1. The van der Waals surface area contributed by atoms with E-state index < -0.39 is 18.2 Å². The number of halogens is 7. The summed E-state index contributed by atoms with van der Waals surface area (Å²) in [5, 5.41) is 3.53. The van der Waals surface area contributed by atoms with Gasteiger partial charge < -0.3 is 4.84 Å². The molecule has 0 amide bonds. The van der Waals surface area contributed by atoms with Gasteiger partial charge in [-0.1, -0.05) is 40.0 Å². The molecule has 2 heterocycles. The highest BCUT2D eigenvalue weighted by Gasteiger charge is 2.62. The van der Waals surface area contributed by atoms with Crippen LogP contribution >= 0.6 is 62.1 Å². The first kappa shape index (κ1) is 19.3. The van der Waals surface area contributed by atoms with Crippen molar-refractivity contribution in [2.75, 3.05) is 0 Å². The number of thiophene rings is 1. The molecule has 0 saturated heterocycles. The third kappa shape index (κ3) is 3.30. The zero-order valence-corrected chi connectivity index (χ0v) is 17.0. The Labute approximate surface area is 168 Å². The van der Waals surface area contributed by atoms with E-state index in [1.54, 1.807) is 6.07 Å². The van der Waals surface area contributed by atoms with E-state index in [1.807, 2.05) is 6.92 Å². The molecular weight excluding hydrogens is 485 g/mol. The predicted octanol–water partition coefficient (Wildman–Crippen LogP) is 7.36. The molecule has 25 heavy (non-hydrogen) atoms. The summed E-state index contributed by atoms with van der Waals surface area (Å²) in [5.41, 5.74) is -1.79. The maximum atomic E-state index is 13.9. The lowest BCUT2D eigenvalue weighted by Gasteiger charge is -2.29. The summed E-state index contributed by atoms with van der Waals surface area (Å²) in [6.07, 6.45) is -5.22. The van der Waals surface area contributed by atoms with Crippen LogP contribution < -0.4 is 0 Å². The van der Waals surface area contributed by atoms with E-state index in [9.17, 15) is 13.2 Å². The van der Waals surface area contributed by atoms with E-state index in [4.69, 9.17) is 39.6 Å². The maximum Gasteiger partial charge on any atom is 0.435 e. The summed E-state index contributed by atoms with van der Waals surface area (Å²) in [6.45, 7) is 1.84. The molecule has 0 aliphatic carbocycles. The summed E-state index contributed by atoms with van der Waals surface area (Å²) < 4.78 is 42.6. The lowest BCUT2D eigenvalue weighted by Crippen LogP contribution is -2.42. The lowest BCUT2D eigenvalue weighted by atomic mass is 9.88. The van der Waals surface area contributed by atoms with Crippen LogP contribution in [-0.2, 0) is 10.4 Å². The van der Waals surface area contributed by atoms with Gasteiger partial charge in [0.2, 0.25) is 0 Å². The third-order valence-electron chi connectivity index (χ3n) is 3.78. The van der Waals surface area contributed by atoms with Gasteiger partial charge in [-0.3, -0.25) is 0 Å². The second-order valence-electron chi connectivity index (χ2n) is 5.45. The second-order valence-corrected chi connectivity index (χ2v) is 9.01. The maximum absolute atomic E-state index is 13.9. The van der Waals surface area contributed by atoms with Crippen LogP contribution in [0.5, 0.6) is 0 Å². The van der Waals surface area contributed by atoms with Crippen molar-refractivity contribution >= 4 is 67.8 Å². The predicted molar refractivity (Wildman–Crippen MR) is 98.2 cm³/mol. The molecule has 0 unspecified atom stereocenters. The third-order valence-corrected chi connectivity index (χ3v) is 7.16. The Morgan fingerprint density at radius 2 is 1.80 bits per heavy atom. The first-order valence-corrected chi connectivity index (χ1v) is 9.52. The summed E-state index contributed by atoms with van der Waals surface area (Å²) in [6, 6.07) is 3.97. The number of alkyl halides is 3. The van der Waals surface area contributed by atoms with Gasteiger partial charge in [-0.15, -0.1) is 11.3 Å². The van der Waals surface area contributed by atoms with Crippen molar-refractivity contribution in [2.45, 2.75) is 25.1 Å². The van der Waals surface area contributed by atoms with E-state index in [0.717, 1.165) is 21.5 Å². The van der Waals surface area contributed by atoms with Crippen molar-refractivity contribution in [1.29, 1.82) is 0 Å². The van der Waals surface area contributed by atoms with Crippen molar-refractivity contribution in [1.82, 2.24) is 0 Å². The van der Waals surface area contributed by atoms with E-state index in [-0.39, 0.29) is 26.3 Å². The van der Waals surface area contributed by atoms with Crippen LogP contribution in [0.25, 0.3) is 0 Å². The molecule has 1 aromatic heterocycles. The summed E-state index contributed by atoms with van der Waals surface area (Å²) in [4.78, 5) is 5.55. The van der Waals surface area contributed by atoms with E-state index in [1.165, 1.54) is 11.3 Å². The first-order chi connectivity index (χ1) is 11.5. The molecule has 3 rings (SSSR count). The van der Waals surface area contributed by atoms with Crippen molar-refractivity contribution in [3.05, 3.63) is 53.1 Å². The molecule has 1 aliphatic rings. The highest BCUT2D eigenvalue weighted by atomic mass is 79.9. The fourth-order valence-corrected chi connectivity index (χ4v) is 4.54. The van der Waals surface area contributed by atoms with Gasteiger partial charge in [-0.25, -0.2) is 0 Å². The fraction of sp³-hybridized carbons (Fsp3) is 0.267. The van der Waals surface area contributed by atoms with Gasteiger partial charge in [0.1, 0.15) is 5.71 Å². The number of nitrogens with zero attached hydrogens (tertiary/aromatic N) is 1. The molecule has 0 bridgehead atoms. The molecular formula is C15H8BrCl3F3NOS. The average molecular weight is 494 g/mol. The zero-order valence-electron chi connectivity index (χ0n) is 12.3. The SMILES string of the molecule is Cc1cc(C2=NO[C@](c3cc(Cl)c(Cl)c(Cl)c3)(C(F)(F)F)C2)sc1Br. The Hall–Kier alpha value is -0.470. The summed E-state index contributed by atoms with van der Waals surface area (Å²) in [7, 11) is 0. The van der Waals surface area contributed by atoms with Gasteiger partial charge in [-0.05, 0) is 46.6 Å². The van der Waals surface area contributed by atoms with Crippen LogP contribution in [0.1, 0.15) is 22.4 Å². The average Bonchev–Trinajstić information content (AvgIpc) is 3.09. The minimum atomic E-state index is -4.73. The lowest BCUT2D eigenvalue weighted by molar-refractivity contribution is -0.275. The van der Waals surface area contributed by atoms with Gasteiger partial charge >= 0.3 is 6.18 Å². The van der Waals surface area contributed by atoms with Gasteiger partial charge in [0.25, 0.3) is 5.60 Å². The number of rotatable bonds is 2. The van der Waals surface area contributed by atoms with Crippen LogP contribution in [0, 0.1) is 6.92 Å². The molecule has 2 nitrogen and oxygen atoms in total. The largest absolute Gasteiger partial charge is 0.435 e. The molecule has 134 valence electrons. The molecule has 10 heteroatoms. The van der Waals surface area contributed by atoms with Crippen molar-refractivity contribution < 1.29 is 18.0 Å². The summed E-state index contributed by atoms with van der Waals surface area (Å²) >= 11 is 22.3. The smallest absolute Gasteiger partial charge is 0.374 e. The van der Waals surface area contributed by atoms with E-state index in [2.05, 4.69) is 21.1 Å². The molecule has 1 atom stereocenters. The van der Waals surface area contributed by atoms with Crippen LogP contribution in [0.4, 0.5) is 13.2 Å². The topological polar surface area (TPSA) is 21.6 Å². The van der Waals surface area contributed by atoms with E-state index >= 15 is 0 Å². The number of benzene rings is 1.